The highest BCUT2D eigenvalue weighted by Crippen LogP contribution is 2.27. The van der Waals surface area contributed by atoms with Gasteiger partial charge in [0.2, 0.25) is 0 Å². The maximum absolute atomic E-state index is 5.55. The highest BCUT2D eigenvalue weighted by atomic mass is 16.5. The van der Waals surface area contributed by atoms with E-state index in [0.29, 0.717) is 6.61 Å². The fraction of sp³-hybridized carbons (Fsp3) is 0.231. The van der Waals surface area contributed by atoms with Gasteiger partial charge in [-0.3, -0.25) is 0 Å². The van der Waals surface area contributed by atoms with E-state index >= 15 is 0 Å². The van der Waals surface area contributed by atoms with Gasteiger partial charge in [0.15, 0.2) is 5.82 Å². The topological polar surface area (TPSA) is 47.0 Å². The van der Waals surface area contributed by atoms with Crippen LogP contribution in [0.25, 0.3) is 22.3 Å². The van der Waals surface area contributed by atoms with Crippen LogP contribution in [0.1, 0.15) is 25.8 Å². The van der Waals surface area contributed by atoms with Crippen molar-refractivity contribution in [2.24, 2.45) is 0 Å². The van der Waals surface area contributed by atoms with Gasteiger partial charge < -0.3 is 10.1 Å². The predicted molar refractivity (Wildman–Crippen MR) is 124 cm³/mol. The van der Waals surface area contributed by atoms with Crippen LogP contribution >= 0.6 is 0 Å². The summed E-state index contributed by atoms with van der Waals surface area (Å²) in [5.74, 6) is 2.45. The predicted octanol–water partition coefficient (Wildman–Crippen LogP) is 6.13. The molecule has 0 aliphatic rings. The largest absolute Gasteiger partial charge is 0.494 e. The van der Waals surface area contributed by atoms with Crippen LogP contribution in [-0.2, 0) is 6.42 Å². The Labute approximate surface area is 178 Å². The zero-order chi connectivity index (χ0) is 20.8. The van der Waals surface area contributed by atoms with E-state index in [2.05, 4.69) is 48.6 Å². The van der Waals surface area contributed by atoms with E-state index in [0.717, 1.165) is 46.7 Å². The fourth-order valence-corrected chi connectivity index (χ4v) is 3.52. The molecule has 4 rings (SSSR count). The Balaban J connectivity index is 1.58. The van der Waals surface area contributed by atoms with Crippen LogP contribution in [0.15, 0.2) is 78.9 Å². The summed E-state index contributed by atoms with van der Waals surface area (Å²) in [6, 6.07) is 27.0. The van der Waals surface area contributed by atoms with Gasteiger partial charge in [-0.25, -0.2) is 9.97 Å². The number of hydrogen-bond acceptors (Lipinski definition) is 4. The van der Waals surface area contributed by atoms with Gasteiger partial charge in [-0.15, -0.1) is 0 Å². The molecule has 0 saturated carbocycles. The van der Waals surface area contributed by atoms with Crippen molar-refractivity contribution in [1.29, 1.82) is 0 Å². The third-order valence-electron chi connectivity index (χ3n) is 5.12. The van der Waals surface area contributed by atoms with Crippen molar-refractivity contribution >= 4 is 16.7 Å². The van der Waals surface area contributed by atoms with Crippen molar-refractivity contribution in [2.75, 3.05) is 11.9 Å². The number of aryl methyl sites for hydroxylation is 1. The number of para-hydroxylation sites is 1. The van der Waals surface area contributed by atoms with E-state index < -0.39 is 0 Å². The first kappa shape index (κ1) is 19.9. The lowest BCUT2D eigenvalue weighted by Gasteiger charge is -2.17. The second kappa shape index (κ2) is 9.40. The molecule has 152 valence electrons. The molecule has 0 spiro atoms. The van der Waals surface area contributed by atoms with Crippen LogP contribution < -0.4 is 10.1 Å². The SMILES string of the molecule is CCOc1ccc(-c2nc(NC(C)CCc3ccccc3)c3ccccc3n2)cc1. The highest BCUT2D eigenvalue weighted by Gasteiger charge is 2.12. The Morgan fingerprint density at radius 2 is 1.60 bits per heavy atom. The first-order valence-corrected chi connectivity index (χ1v) is 10.5. The molecule has 0 fully saturated rings. The summed E-state index contributed by atoms with van der Waals surface area (Å²) < 4.78 is 5.55. The second-order valence-corrected chi connectivity index (χ2v) is 7.44. The summed E-state index contributed by atoms with van der Waals surface area (Å²) in [5, 5.41) is 4.66. The lowest BCUT2D eigenvalue weighted by atomic mass is 10.1. The van der Waals surface area contributed by atoms with Crippen LogP contribution in [0.4, 0.5) is 5.82 Å². The molecular formula is C26H27N3O. The zero-order valence-corrected chi connectivity index (χ0v) is 17.5. The van der Waals surface area contributed by atoms with Gasteiger partial charge in [0.25, 0.3) is 0 Å². The molecule has 0 bridgehead atoms. The Morgan fingerprint density at radius 1 is 0.867 bits per heavy atom. The van der Waals surface area contributed by atoms with Crippen LogP contribution in [-0.4, -0.2) is 22.6 Å². The molecule has 1 heterocycles. The molecule has 0 saturated heterocycles. The van der Waals surface area contributed by atoms with Crippen LogP contribution in [0, 0.1) is 0 Å². The van der Waals surface area contributed by atoms with Crippen molar-refractivity contribution in [3.63, 3.8) is 0 Å². The van der Waals surface area contributed by atoms with Crippen LogP contribution in [0.5, 0.6) is 5.75 Å². The molecule has 4 nitrogen and oxygen atoms in total. The summed E-state index contributed by atoms with van der Waals surface area (Å²) in [5.41, 5.74) is 3.27. The first-order valence-electron chi connectivity index (χ1n) is 10.5. The van der Waals surface area contributed by atoms with Crippen molar-refractivity contribution in [3.8, 4) is 17.1 Å². The summed E-state index contributed by atoms with van der Waals surface area (Å²) in [6.45, 7) is 4.84. The molecule has 1 N–H and O–H groups in total. The van der Waals surface area contributed by atoms with Gasteiger partial charge in [-0.1, -0.05) is 42.5 Å². The summed E-state index contributed by atoms with van der Waals surface area (Å²) >= 11 is 0. The smallest absolute Gasteiger partial charge is 0.162 e. The van der Waals surface area contributed by atoms with E-state index in [4.69, 9.17) is 14.7 Å². The number of anilines is 1. The van der Waals surface area contributed by atoms with Crippen molar-refractivity contribution in [1.82, 2.24) is 9.97 Å². The van der Waals surface area contributed by atoms with Gasteiger partial charge in [0.1, 0.15) is 11.6 Å². The number of nitrogens with one attached hydrogen (secondary N) is 1. The molecule has 1 unspecified atom stereocenters. The second-order valence-electron chi connectivity index (χ2n) is 7.44. The minimum Gasteiger partial charge on any atom is -0.494 e. The molecule has 0 radical (unpaired) electrons. The minimum atomic E-state index is 0.289. The van der Waals surface area contributed by atoms with E-state index in [1.165, 1.54) is 5.56 Å². The summed E-state index contributed by atoms with van der Waals surface area (Å²) in [4.78, 5) is 9.67. The average Bonchev–Trinajstić information content (AvgIpc) is 2.79. The van der Waals surface area contributed by atoms with Crippen LogP contribution in [0.3, 0.4) is 0 Å². The minimum absolute atomic E-state index is 0.289. The fourth-order valence-electron chi connectivity index (χ4n) is 3.52. The van der Waals surface area contributed by atoms with Crippen molar-refractivity contribution in [3.05, 3.63) is 84.4 Å². The van der Waals surface area contributed by atoms with Gasteiger partial charge in [0, 0.05) is 17.0 Å². The molecule has 4 aromatic rings. The number of hydrogen-bond donors (Lipinski definition) is 1. The Bertz CT molecular complexity index is 1090. The van der Waals surface area contributed by atoms with E-state index in [9.17, 15) is 0 Å². The molecule has 1 atom stereocenters. The number of ether oxygens (including phenoxy) is 1. The van der Waals surface area contributed by atoms with E-state index in [-0.39, 0.29) is 6.04 Å². The molecule has 4 heteroatoms. The van der Waals surface area contributed by atoms with Crippen molar-refractivity contribution < 1.29 is 4.74 Å². The van der Waals surface area contributed by atoms with Gasteiger partial charge in [-0.05, 0) is 68.7 Å². The van der Waals surface area contributed by atoms with Gasteiger partial charge >= 0.3 is 0 Å². The van der Waals surface area contributed by atoms with E-state index in [1.54, 1.807) is 0 Å². The number of fused-ring (bicyclic) bond motifs is 1. The third-order valence-corrected chi connectivity index (χ3v) is 5.12. The Kier molecular flexibility index (Phi) is 6.23. The number of rotatable bonds is 8. The first-order chi connectivity index (χ1) is 14.7. The quantitative estimate of drug-likeness (QED) is 0.388. The number of aromatic nitrogens is 2. The summed E-state index contributed by atoms with van der Waals surface area (Å²) in [7, 11) is 0. The Morgan fingerprint density at radius 3 is 2.37 bits per heavy atom. The maximum atomic E-state index is 5.55. The number of benzene rings is 3. The zero-order valence-electron chi connectivity index (χ0n) is 17.5. The number of nitrogens with zero attached hydrogens (tertiary/aromatic N) is 2. The average molecular weight is 398 g/mol. The van der Waals surface area contributed by atoms with Crippen LogP contribution in [0.2, 0.25) is 0 Å². The maximum Gasteiger partial charge on any atom is 0.162 e. The normalized spacial score (nSPS) is 11.9. The van der Waals surface area contributed by atoms with E-state index in [1.807, 2.05) is 49.4 Å². The molecule has 0 aliphatic carbocycles. The van der Waals surface area contributed by atoms with Crippen molar-refractivity contribution in [2.45, 2.75) is 32.7 Å². The molecule has 0 amide bonds. The highest BCUT2D eigenvalue weighted by molar-refractivity contribution is 5.90. The molecular weight excluding hydrogens is 370 g/mol. The third kappa shape index (κ3) is 4.77. The Hall–Kier alpha value is -3.40. The lowest BCUT2D eigenvalue weighted by molar-refractivity contribution is 0.340. The molecule has 0 aliphatic heterocycles. The van der Waals surface area contributed by atoms with Gasteiger partial charge in [-0.2, -0.15) is 0 Å². The molecule has 30 heavy (non-hydrogen) atoms. The summed E-state index contributed by atoms with van der Waals surface area (Å²) in [6.07, 6.45) is 2.06. The van der Waals surface area contributed by atoms with Gasteiger partial charge in [0.05, 0.1) is 12.1 Å². The molecule has 1 aromatic heterocycles. The molecule has 3 aromatic carbocycles. The lowest BCUT2D eigenvalue weighted by Crippen LogP contribution is -2.17. The standard InChI is InChI=1S/C26H27N3O/c1-3-30-22-17-15-21(16-18-22)25-28-24-12-8-7-11-23(24)26(29-25)27-19(2)13-14-20-9-5-4-6-10-20/h4-12,15-19H,3,13-14H2,1-2H3,(H,27,28,29). The monoisotopic (exact) mass is 397 g/mol.